The van der Waals surface area contributed by atoms with E-state index in [0.29, 0.717) is 5.56 Å². The molecular weight excluding hydrogens is 335 g/mol. The van der Waals surface area contributed by atoms with Crippen LogP contribution in [0.4, 0.5) is 20.7 Å². The van der Waals surface area contributed by atoms with Crippen LogP contribution in [0.2, 0.25) is 0 Å². The highest BCUT2D eigenvalue weighted by Gasteiger charge is 2.10. The lowest BCUT2D eigenvalue weighted by molar-refractivity contribution is 0.209. The maximum absolute atomic E-state index is 14.0. The molecule has 0 unspecified atom stereocenters. The van der Waals surface area contributed by atoms with Crippen LogP contribution in [0.5, 0.6) is 0 Å². The number of carbonyl (C=O) groups is 1. The van der Waals surface area contributed by atoms with E-state index in [4.69, 9.17) is 5.11 Å². The SMILES string of the molecule is O=C(O)Nc1ccc(-c2ccc(NCCN3CCCCC3)nc2)cc1F. The van der Waals surface area contributed by atoms with Crippen molar-refractivity contribution in [3.05, 3.63) is 42.3 Å². The van der Waals surface area contributed by atoms with E-state index in [-0.39, 0.29) is 5.69 Å². The van der Waals surface area contributed by atoms with E-state index in [0.717, 1.165) is 24.5 Å². The number of amides is 1. The quantitative estimate of drug-likeness (QED) is 0.731. The van der Waals surface area contributed by atoms with Gasteiger partial charge >= 0.3 is 6.09 Å². The summed E-state index contributed by atoms with van der Waals surface area (Å²) in [6, 6.07) is 8.10. The maximum Gasteiger partial charge on any atom is 0.409 e. The molecular formula is C19H23FN4O2. The summed E-state index contributed by atoms with van der Waals surface area (Å²) in [6.07, 6.45) is 4.29. The molecule has 2 aromatic rings. The van der Waals surface area contributed by atoms with Crippen molar-refractivity contribution in [3.63, 3.8) is 0 Å². The maximum atomic E-state index is 14.0. The molecule has 138 valence electrons. The molecule has 3 rings (SSSR count). The number of hydrogen-bond acceptors (Lipinski definition) is 4. The third-order valence-corrected chi connectivity index (χ3v) is 4.49. The van der Waals surface area contributed by atoms with Crippen LogP contribution in [0.25, 0.3) is 11.1 Å². The lowest BCUT2D eigenvalue weighted by atomic mass is 10.1. The number of aromatic nitrogens is 1. The summed E-state index contributed by atoms with van der Waals surface area (Å²) in [5.41, 5.74) is 1.35. The normalized spacial score (nSPS) is 14.8. The van der Waals surface area contributed by atoms with Gasteiger partial charge in [-0.25, -0.2) is 14.2 Å². The Bertz CT molecular complexity index is 746. The molecule has 1 aromatic heterocycles. The fourth-order valence-electron chi connectivity index (χ4n) is 3.11. The minimum atomic E-state index is -1.29. The number of piperidine rings is 1. The van der Waals surface area contributed by atoms with Gasteiger partial charge in [0.2, 0.25) is 0 Å². The van der Waals surface area contributed by atoms with Gasteiger partial charge in [0.05, 0.1) is 5.69 Å². The first-order chi connectivity index (χ1) is 12.6. The van der Waals surface area contributed by atoms with E-state index in [1.165, 1.54) is 44.5 Å². The van der Waals surface area contributed by atoms with Crippen LogP contribution in [-0.2, 0) is 0 Å². The summed E-state index contributed by atoms with van der Waals surface area (Å²) in [5, 5.41) is 14.0. The Balaban J connectivity index is 1.56. The third-order valence-electron chi connectivity index (χ3n) is 4.49. The zero-order valence-corrected chi connectivity index (χ0v) is 14.5. The predicted octanol–water partition coefficient (Wildman–Crippen LogP) is 3.88. The second kappa shape index (κ2) is 8.62. The Morgan fingerprint density at radius 1 is 1.15 bits per heavy atom. The molecule has 2 heterocycles. The van der Waals surface area contributed by atoms with Gasteiger partial charge in [-0.15, -0.1) is 0 Å². The molecule has 1 aromatic carbocycles. The van der Waals surface area contributed by atoms with Crippen LogP contribution in [0.15, 0.2) is 36.5 Å². The van der Waals surface area contributed by atoms with Crippen molar-refractivity contribution in [1.82, 2.24) is 9.88 Å². The van der Waals surface area contributed by atoms with Gasteiger partial charge in [0.15, 0.2) is 0 Å². The van der Waals surface area contributed by atoms with Crippen LogP contribution in [0.3, 0.4) is 0 Å². The zero-order valence-electron chi connectivity index (χ0n) is 14.5. The monoisotopic (exact) mass is 358 g/mol. The summed E-state index contributed by atoms with van der Waals surface area (Å²) >= 11 is 0. The highest BCUT2D eigenvalue weighted by Crippen LogP contribution is 2.24. The van der Waals surface area contributed by atoms with Gasteiger partial charge in [0, 0.05) is 24.8 Å². The first-order valence-corrected chi connectivity index (χ1v) is 8.84. The summed E-state index contributed by atoms with van der Waals surface area (Å²) in [4.78, 5) is 17.4. The van der Waals surface area contributed by atoms with Crippen molar-refractivity contribution in [2.24, 2.45) is 0 Å². The van der Waals surface area contributed by atoms with Gasteiger partial charge in [-0.1, -0.05) is 12.5 Å². The molecule has 26 heavy (non-hydrogen) atoms. The van der Waals surface area contributed by atoms with Gasteiger partial charge in [0.1, 0.15) is 11.6 Å². The van der Waals surface area contributed by atoms with E-state index in [1.54, 1.807) is 12.3 Å². The number of likely N-dealkylation sites (tertiary alicyclic amines) is 1. The van der Waals surface area contributed by atoms with Gasteiger partial charge < -0.3 is 15.3 Å². The number of halogens is 1. The fraction of sp³-hybridized carbons (Fsp3) is 0.368. The number of rotatable bonds is 6. The van der Waals surface area contributed by atoms with Gasteiger partial charge in [-0.05, 0) is 55.8 Å². The van der Waals surface area contributed by atoms with Crippen molar-refractivity contribution < 1.29 is 14.3 Å². The van der Waals surface area contributed by atoms with Crippen LogP contribution in [0, 0.1) is 5.82 Å². The molecule has 0 radical (unpaired) electrons. The molecule has 0 bridgehead atoms. The van der Waals surface area contributed by atoms with E-state index in [1.807, 2.05) is 17.4 Å². The number of carboxylic acid groups (broad SMARTS) is 1. The number of hydrogen-bond donors (Lipinski definition) is 3. The molecule has 0 spiro atoms. The molecule has 1 amide bonds. The van der Waals surface area contributed by atoms with Crippen molar-refractivity contribution >= 4 is 17.6 Å². The summed E-state index contributed by atoms with van der Waals surface area (Å²) in [7, 11) is 0. The van der Waals surface area contributed by atoms with Crippen molar-refractivity contribution in [2.75, 3.05) is 36.8 Å². The Kier molecular flexibility index (Phi) is 6.01. The van der Waals surface area contributed by atoms with Crippen LogP contribution >= 0.6 is 0 Å². The van der Waals surface area contributed by atoms with Crippen LogP contribution in [0.1, 0.15) is 19.3 Å². The number of anilines is 2. The molecule has 0 atom stereocenters. The molecule has 6 nitrogen and oxygen atoms in total. The first-order valence-electron chi connectivity index (χ1n) is 8.84. The second-order valence-corrected chi connectivity index (χ2v) is 6.39. The minimum absolute atomic E-state index is 0.0646. The van der Waals surface area contributed by atoms with E-state index in [9.17, 15) is 9.18 Å². The van der Waals surface area contributed by atoms with Crippen molar-refractivity contribution in [2.45, 2.75) is 19.3 Å². The van der Waals surface area contributed by atoms with E-state index in [2.05, 4.69) is 15.2 Å². The lowest BCUT2D eigenvalue weighted by Gasteiger charge is -2.26. The zero-order chi connectivity index (χ0) is 18.4. The highest BCUT2D eigenvalue weighted by atomic mass is 19.1. The van der Waals surface area contributed by atoms with E-state index >= 15 is 0 Å². The molecule has 0 aliphatic carbocycles. The number of pyridine rings is 1. The summed E-state index contributed by atoms with van der Waals surface area (Å²) in [6.45, 7) is 4.20. The number of nitrogens with one attached hydrogen (secondary N) is 2. The minimum Gasteiger partial charge on any atom is -0.465 e. The van der Waals surface area contributed by atoms with Gasteiger partial charge in [-0.3, -0.25) is 5.32 Å². The Morgan fingerprint density at radius 3 is 2.58 bits per heavy atom. The molecule has 0 saturated carbocycles. The molecule has 3 N–H and O–H groups in total. The first kappa shape index (κ1) is 18.1. The van der Waals surface area contributed by atoms with Crippen LogP contribution in [-0.4, -0.2) is 47.3 Å². The Labute approximate surface area is 152 Å². The predicted molar refractivity (Wildman–Crippen MR) is 100 cm³/mol. The smallest absolute Gasteiger partial charge is 0.409 e. The molecule has 1 fully saturated rings. The van der Waals surface area contributed by atoms with Gasteiger partial charge in [-0.2, -0.15) is 0 Å². The third kappa shape index (κ3) is 4.92. The molecule has 1 saturated heterocycles. The topological polar surface area (TPSA) is 77.5 Å². The molecule has 1 aliphatic heterocycles. The van der Waals surface area contributed by atoms with Crippen molar-refractivity contribution in [3.8, 4) is 11.1 Å². The standard InChI is InChI=1S/C19H23FN4O2/c20-16-12-14(4-6-17(16)23-19(25)26)15-5-7-18(22-13-15)21-8-11-24-9-2-1-3-10-24/h4-7,12-13,23H,1-3,8-11H2,(H,21,22)(H,25,26). The largest absolute Gasteiger partial charge is 0.465 e. The number of nitrogens with zero attached hydrogens (tertiary/aromatic N) is 2. The number of benzene rings is 1. The fourth-order valence-corrected chi connectivity index (χ4v) is 3.11. The lowest BCUT2D eigenvalue weighted by Crippen LogP contribution is -2.33. The second-order valence-electron chi connectivity index (χ2n) is 6.39. The van der Waals surface area contributed by atoms with E-state index < -0.39 is 11.9 Å². The molecule has 1 aliphatic rings. The molecule has 7 heteroatoms. The highest BCUT2D eigenvalue weighted by molar-refractivity contribution is 5.83. The van der Waals surface area contributed by atoms with Gasteiger partial charge in [0.25, 0.3) is 0 Å². The average Bonchev–Trinajstić information content (AvgIpc) is 2.65. The van der Waals surface area contributed by atoms with Crippen molar-refractivity contribution in [1.29, 1.82) is 0 Å². The average molecular weight is 358 g/mol. The Hall–Kier alpha value is -2.67. The van der Waals surface area contributed by atoms with Crippen LogP contribution < -0.4 is 10.6 Å². The summed E-state index contributed by atoms with van der Waals surface area (Å²) in [5.74, 6) is 0.170. The Morgan fingerprint density at radius 2 is 1.92 bits per heavy atom. The summed E-state index contributed by atoms with van der Waals surface area (Å²) < 4.78 is 14.0.